The van der Waals surface area contributed by atoms with Crippen LogP contribution in [0.5, 0.6) is 0 Å². The average Bonchev–Trinajstić information content (AvgIpc) is 3.26. The quantitative estimate of drug-likeness (QED) is 0.434. The fourth-order valence-electron chi connectivity index (χ4n) is 2.55. The molecule has 0 unspecified atom stereocenters. The van der Waals surface area contributed by atoms with Gasteiger partial charge in [0.2, 0.25) is 5.16 Å². The highest BCUT2D eigenvalue weighted by atomic mass is 32.2. The van der Waals surface area contributed by atoms with Gasteiger partial charge < -0.3 is 4.98 Å². The van der Waals surface area contributed by atoms with Gasteiger partial charge in [0, 0.05) is 28.4 Å². The molecule has 0 aliphatic rings. The molecule has 25 heavy (non-hydrogen) atoms. The number of para-hydroxylation sites is 1. The fraction of sp³-hybridized carbons (Fsp3) is 0.105. The molecule has 124 valence electrons. The summed E-state index contributed by atoms with van der Waals surface area (Å²) in [6.45, 7) is 2.09. The van der Waals surface area contributed by atoms with Gasteiger partial charge in [-0.3, -0.25) is 0 Å². The van der Waals surface area contributed by atoms with Gasteiger partial charge in [-0.15, -0.1) is 10.2 Å². The summed E-state index contributed by atoms with van der Waals surface area (Å²) in [5.41, 5.74) is 4.66. The SMILES string of the molecule is Cc1ccc(CSc2nncn2/N=C/c2c[nH]c3ccccc23)cc1. The number of aryl methyl sites for hydroxylation is 1. The van der Waals surface area contributed by atoms with Gasteiger partial charge in [0.15, 0.2) is 0 Å². The zero-order valence-electron chi connectivity index (χ0n) is 13.8. The van der Waals surface area contributed by atoms with Crippen LogP contribution in [0.15, 0.2) is 71.3 Å². The minimum atomic E-state index is 0.775. The highest BCUT2D eigenvalue weighted by Crippen LogP contribution is 2.21. The molecule has 0 saturated carbocycles. The molecule has 4 aromatic rings. The first-order chi connectivity index (χ1) is 12.3. The Kier molecular flexibility index (Phi) is 4.35. The van der Waals surface area contributed by atoms with Crippen molar-refractivity contribution in [3.63, 3.8) is 0 Å². The van der Waals surface area contributed by atoms with Crippen LogP contribution in [0.4, 0.5) is 0 Å². The number of fused-ring (bicyclic) bond motifs is 1. The molecular formula is C19H17N5S. The van der Waals surface area contributed by atoms with E-state index in [-0.39, 0.29) is 0 Å². The molecule has 0 aliphatic heterocycles. The molecule has 6 heteroatoms. The predicted molar refractivity (Wildman–Crippen MR) is 102 cm³/mol. The van der Waals surface area contributed by atoms with E-state index in [4.69, 9.17) is 0 Å². The lowest BCUT2D eigenvalue weighted by molar-refractivity contribution is 0.767. The summed E-state index contributed by atoms with van der Waals surface area (Å²) in [6.07, 6.45) is 5.42. The van der Waals surface area contributed by atoms with Crippen LogP contribution >= 0.6 is 11.8 Å². The molecule has 0 radical (unpaired) electrons. The van der Waals surface area contributed by atoms with Crippen molar-refractivity contribution in [3.05, 3.63) is 77.7 Å². The van der Waals surface area contributed by atoms with Crippen LogP contribution in [0, 0.1) is 6.92 Å². The van der Waals surface area contributed by atoms with Crippen molar-refractivity contribution in [1.29, 1.82) is 0 Å². The van der Waals surface area contributed by atoms with E-state index >= 15 is 0 Å². The Balaban J connectivity index is 1.50. The number of H-pyrrole nitrogens is 1. The molecule has 0 bridgehead atoms. The number of rotatable bonds is 5. The number of aromatic amines is 1. The Morgan fingerprint density at radius 3 is 2.88 bits per heavy atom. The van der Waals surface area contributed by atoms with Crippen LogP contribution in [0.25, 0.3) is 10.9 Å². The minimum absolute atomic E-state index is 0.775. The Bertz CT molecular complexity index is 1010. The molecule has 5 nitrogen and oxygen atoms in total. The van der Waals surface area contributed by atoms with Crippen molar-refractivity contribution in [2.45, 2.75) is 17.8 Å². The van der Waals surface area contributed by atoms with E-state index in [1.807, 2.05) is 30.6 Å². The Morgan fingerprint density at radius 1 is 1.16 bits per heavy atom. The summed E-state index contributed by atoms with van der Waals surface area (Å²) in [7, 11) is 0. The number of benzene rings is 2. The Morgan fingerprint density at radius 2 is 2.00 bits per heavy atom. The molecule has 0 atom stereocenters. The summed E-state index contributed by atoms with van der Waals surface area (Å²) in [5, 5.41) is 14.6. The van der Waals surface area contributed by atoms with Crippen molar-refractivity contribution in [3.8, 4) is 0 Å². The third-order valence-corrected chi connectivity index (χ3v) is 4.94. The molecule has 1 N–H and O–H groups in total. The average molecular weight is 347 g/mol. The molecule has 2 heterocycles. The van der Waals surface area contributed by atoms with E-state index in [0.29, 0.717) is 0 Å². The van der Waals surface area contributed by atoms with Crippen LogP contribution in [0.3, 0.4) is 0 Å². The first-order valence-electron chi connectivity index (χ1n) is 7.98. The third-order valence-electron chi connectivity index (χ3n) is 3.93. The predicted octanol–water partition coefficient (Wildman–Crippen LogP) is 4.24. The number of hydrogen-bond acceptors (Lipinski definition) is 4. The number of thioether (sulfide) groups is 1. The number of nitrogens with one attached hydrogen (secondary N) is 1. The topological polar surface area (TPSA) is 58.9 Å². The van der Waals surface area contributed by atoms with Gasteiger partial charge in [0.05, 0.1) is 6.21 Å². The van der Waals surface area contributed by atoms with Crippen LogP contribution < -0.4 is 0 Å². The van der Waals surface area contributed by atoms with Gasteiger partial charge in [-0.25, -0.2) is 0 Å². The maximum Gasteiger partial charge on any atom is 0.212 e. The molecule has 0 amide bonds. The minimum Gasteiger partial charge on any atom is -0.361 e. The second-order valence-electron chi connectivity index (χ2n) is 5.77. The summed E-state index contributed by atoms with van der Waals surface area (Å²) in [4.78, 5) is 3.25. The van der Waals surface area contributed by atoms with E-state index < -0.39 is 0 Å². The highest BCUT2D eigenvalue weighted by Gasteiger charge is 2.05. The van der Waals surface area contributed by atoms with Gasteiger partial charge in [0.1, 0.15) is 6.33 Å². The van der Waals surface area contributed by atoms with Crippen molar-refractivity contribution < 1.29 is 0 Å². The lowest BCUT2D eigenvalue weighted by Crippen LogP contribution is -1.92. The van der Waals surface area contributed by atoms with E-state index in [0.717, 1.165) is 27.4 Å². The summed E-state index contributed by atoms with van der Waals surface area (Å²) in [6, 6.07) is 16.7. The first kappa shape index (κ1) is 15.7. The van der Waals surface area contributed by atoms with Gasteiger partial charge in [-0.2, -0.15) is 9.78 Å². The normalized spacial score (nSPS) is 11.6. The molecule has 0 saturated heterocycles. The summed E-state index contributed by atoms with van der Waals surface area (Å²) < 4.78 is 1.71. The molecule has 4 rings (SSSR count). The zero-order chi connectivity index (χ0) is 17.1. The van der Waals surface area contributed by atoms with Crippen molar-refractivity contribution in [2.24, 2.45) is 5.10 Å². The maximum atomic E-state index is 4.51. The van der Waals surface area contributed by atoms with Crippen LogP contribution in [-0.4, -0.2) is 26.1 Å². The first-order valence-corrected chi connectivity index (χ1v) is 8.97. The molecule has 0 aliphatic carbocycles. The number of nitrogens with zero attached hydrogens (tertiary/aromatic N) is 4. The lowest BCUT2D eigenvalue weighted by atomic mass is 10.2. The summed E-state index contributed by atoms with van der Waals surface area (Å²) in [5.74, 6) is 0.835. The summed E-state index contributed by atoms with van der Waals surface area (Å²) >= 11 is 1.62. The Hall–Kier alpha value is -2.86. The smallest absolute Gasteiger partial charge is 0.212 e. The number of aromatic nitrogens is 4. The third kappa shape index (κ3) is 3.49. The standard InChI is InChI=1S/C19H17N5S/c1-14-6-8-15(9-7-14)12-25-19-23-21-13-24(19)22-11-16-10-20-18-5-3-2-4-17(16)18/h2-11,13,20H,12H2,1H3/b22-11+. The largest absolute Gasteiger partial charge is 0.361 e. The van der Waals surface area contributed by atoms with Gasteiger partial charge >= 0.3 is 0 Å². The molecular weight excluding hydrogens is 330 g/mol. The van der Waals surface area contributed by atoms with E-state index in [2.05, 4.69) is 57.5 Å². The van der Waals surface area contributed by atoms with Crippen LogP contribution in [0.2, 0.25) is 0 Å². The van der Waals surface area contributed by atoms with Crippen LogP contribution in [0.1, 0.15) is 16.7 Å². The zero-order valence-corrected chi connectivity index (χ0v) is 14.6. The number of hydrogen-bond donors (Lipinski definition) is 1. The monoisotopic (exact) mass is 347 g/mol. The van der Waals surface area contributed by atoms with E-state index in [1.54, 1.807) is 22.8 Å². The second kappa shape index (κ2) is 6.94. The van der Waals surface area contributed by atoms with Gasteiger partial charge in [-0.1, -0.05) is 59.8 Å². The van der Waals surface area contributed by atoms with Crippen molar-refractivity contribution in [2.75, 3.05) is 0 Å². The van der Waals surface area contributed by atoms with E-state index in [9.17, 15) is 0 Å². The maximum absolute atomic E-state index is 4.51. The second-order valence-corrected chi connectivity index (χ2v) is 6.71. The molecule has 0 fully saturated rings. The van der Waals surface area contributed by atoms with Crippen molar-refractivity contribution >= 4 is 28.9 Å². The lowest BCUT2D eigenvalue weighted by Gasteiger charge is -2.02. The van der Waals surface area contributed by atoms with Crippen molar-refractivity contribution in [1.82, 2.24) is 19.9 Å². The molecule has 0 spiro atoms. The van der Waals surface area contributed by atoms with Gasteiger partial charge in [0.25, 0.3) is 0 Å². The van der Waals surface area contributed by atoms with E-state index in [1.165, 1.54) is 11.1 Å². The highest BCUT2D eigenvalue weighted by molar-refractivity contribution is 7.98. The van der Waals surface area contributed by atoms with Crippen LogP contribution in [-0.2, 0) is 5.75 Å². The fourth-order valence-corrected chi connectivity index (χ4v) is 3.37. The van der Waals surface area contributed by atoms with Gasteiger partial charge in [-0.05, 0) is 18.6 Å². The Labute approximate surface area is 149 Å². The molecule has 2 aromatic heterocycles. The molecule has 2 aromatic carbocycles.